The number of rotatable bonds is 5. The van der Waals surface area contributed by atoms with Crippen LogP contribution >= 0.6 is 27.5 Å². The summed E-state index contributed by atoms with van der Waals surface area (Å²) in [6, 6.07) is 5.27. The summed E-state index contributed by atoms with van der Waals surface area (Å²) in [5, 5.41) is 0.533. The first kappa shape index (κ1) is 20.6. The summed E-state index contributed by atoms with van der Waals surface area (Å²) in [6.07, 6.45) is 0. The standard InChI is InChI=1S/C19H21BrClN5O2/c1-10-17(21)11(2)25-18(24-10)14-8-26(9-15(14)23)19(27)13-4-3-12(20)7-16(13)28-6-5-22/h3-4,7H,5-6,8-9,22-23H2,1-2H3. The first-order valence-electron chi connectivity index (χ1n) is 8.72. The van der Waals surface area contributed by atoms with Gasteiger partial charge in [-0.2, -0.15) is 0 Å². The Kier molecular flexibility index (Phi) is 6.22. The molecule has 1 amide bonds. The minimum atomic E-state index is -0.181. The summed E-state index contributed by atoms with van der Waals surface area (Å²) in [4.78, 5) is 23.6. The number of ether oxygens (including phenoxy) is 1. The van der Waals surface area contributed by atoms with Crippen LogP contribution in [0, 0.1) is 13.8 Å². The largest absolute Gasteiger partial charge is 0.491 e. The molecule has 2 aromatic rings. The minimum Gasteiger partial charge on any atom is -0.491 e. The molecule has 1 aromatic heterocycles. The van der Waals surface area contributed by atoms with Crippen LogP contribution in [-0.2, 0) is 0 Å². The van der Waals surface area contributed by atoms with Crippen molar-refractivity contribution in [1.29, 1.82) is 0 Å². The molecule has 0 fully saturated rings. The Morgan fingerprint density at radius 1 is 1.29 bits per heavy atom. The van der Waals surface area contributed by atoms with Gasteiger partial charge in [0.25, 0.3) is 5.91 Å². The number of carbonyl (C=O) groups excluding carboxylic acids is 1. The van der Waals surface area contributed by atoms with Crippen LogP contribution in [0.4, 0.5) is 0 Å². The van der Waals surface area contributed by atoms with Crippen molar-refractivity contribution in [2.75, 3.05) is 26.2 Å². The molecule has 1 aliphatic heterocycles. The van der Waals surface area contributed by atoms with Gasteiger partial charge in [0, 0.05) is 22.3 Å². The number of amides is 1. The Bertz CT molecular complexity index is 940. The molecular formula is C19H21BrClN5O2. The average molecular weight is 467 g/mol. The number of nitrogens with two attached hydrogens (primary N) is 2. The molecule has 4 N–H and O–H groups in total. The van der Waals surface area contributed by atoms with Crippen molar-refractivity contribution >= 4 is 39.0 Å². The molecule has 1 aliphatic rings. The second kappa shape index (κ2) is 8.46. The highest BCUT2D eigenvalue weighted by Gasteiger charge is 2.29. The van der Waals surface area contributed by atoms with Gasteiger partial charge in [-0.3, -0.25) is 4.79 Å². The first-order chi connectivity index (χ1) is 13.3. The molecule has 0 aliphatic carbocycles. The topological polar surface area (TPSA) is 107 Å². The van der Waals surface area contributed by atoms with Crippen LogP contribution in [0.3, 0.4) is 0 Å². The lowest BCUT2D eigenvalue weighted by Crippen LogP contribution is -2.30. The molecule has 148 valence electrons. The van der Waals surface area contributed by atoms with E-state index in [1.165, 1.54) is 0 Å². The molecule has 0 radical (unpaired) electrons. The minimum absolute atomic E-state index is 0.181. The van der Waals surface area contributed by atoms with Gasteiger partial charge in [0.05, 0.1) is 35.1 Å². The zero-order chi connectivity index (χ0) is 20.4. The maximum Gasteiger partial charge on any atom is 0.258 e. The Balaban J connectivity index is 1.86. The lowest BCUT2D eigenvalue weighted by atomic mass is 10.1. The number of hydrogen-bond acceptors (Lipinski definition) is 6. The zero-order valence-electron chi connectivity index (χ0n) is 15.6. The summed E-state index contributed by atoms with van der Waals surface area (Å²) in [5.74, 6) is 0.800. The average Bonchev–Trinajstić information content (AvgIpc) is 3.05. The van der Waals surface area contributed by atoms with Crippen molar-refractivity contribution in [3.63, 3.8) is 0 Å². The van der Waals surface area contributed by atoms with Crippen LogP contribution in [0.15, 0.2) is 28.4 Å². The third-order valence-corrected chi connectivity index (χ3v) is 5.43. The van der Waals surface area contributed by atoms with Crippen LogP contribution < -0.4 is 16.2 Å². The molecule has 2 heterocycles. The second-order valence-electron chi connectivity index (χ2n) is 6.47. The van der Waals surface area contributed by atoms with Crippen LogP contribution in [0.1, 0.15) is 27.6 Å². The summed E-state index contributed by atoms with van der Waals surface area (Å²) in [6.45, 7) is 4.92. The van der Waals surface area contributed by atoms with Crippen molar-refractivity contribution < 1.29 is 9.53 Å². The fourth-order valence-electron chi connectivity index (χ4n) is 2.98. The van der Waals surface area contributed by atoms with Crippen molar-refractivity contribution in [2.24, 2.45) is 11.5 Å². The fourth-order valence-corrected chi connectivity index (χ4v) is 3.40. The maximum atomic E-state index is 13.1. The lowest BCUT2D eigenvalue weighted by molar-refractivity contribution is 0.0794. The van der Waals surface area contributed by atoms with E-state index in [2.05, 4.69) is 25.9 Å². The van der Waals surface area contributed by atoms with Gasteiger partial charge in [-0.25, -0.2) is 9.97 Å². The van der Waals surface area contributed by atoms with E-state index < -0.39 is 0 Å². The molecule has 3 rings (SSSR count). The molecule has 0 unspecified atom stereocenters. The monoisotopic (exact) mass is 465 g/mol. The van der Waals surface area contributed by atoms with Crippen LogP contribution in [0.2, 0.25) is 5.02 Å². The number of aryl methyl sites for hydroxylation is 2. The molecule has 0 saturated carbocycles. The highest BCUT2D eigenvalue weighted by molar-refractivity contribution is 9.10. The van der Waals surface area contributed by atoms with Gasteiger partial charge in [-0.15, -0.1) is 0 Å². The number of carbonyl (C=O) groups is 1. The normalized spacial score (nSPS) is 14.0. The Morgan fingerprint density at radius 2 is 1.96 bits per heavy atom. The quantitative estimate of drug-likeness (QED) is 0.701. The number of aromatic nitrogens is 2. The van der Waals surface area contributed by atoms with Gasteiger partial charge in [-0.1, -0.05) is 27.5 Å². The van der Waals surface area contributed by atoms with Gasteiger partial charge in [0.1, 0.15) is 12.4 Å². The van der Waals surface area contributed by atoms with Crippen LogP contribution in [0.25, 0.3) is 5.57 Å². The summed E-state index contributed by atoms with van der Waals surface area (Å²) in [7, 11) is 0. The molecule has 0 bridgehead atoms. The number of benzene rings is 1. The second-order valence-corrected chi connectivity index (χ2v) is 7.77. The summed E-state index contributed by atoms with van der Waals surface area (Å²) < 4.78 is 6.46. The predicted molar refractivity (Wildman–Crippen MR) is 112 cm³/mol. The Morgan fingerprint density at radius 3 is 2.61 bits per heavy atom. The number of hydrogen-bond donors (Lipinski definition) is 2. The van der Waals surface area contributed by atoms with Crippen molar-refractivity contribution in [1.82, 2.24) is 14.9 Å². The molecule has 0 spiro atoms. The van der Waals surface area contributed by atoms with E-state index in [0.717, 1.165) is 10.0 Å². The molecule has 7 nitrogen and oxygen atoms in total. The van der Waals surface area contributed by atoms with Gasteiger partial charge in [0.15, 0.2) is 5.82 Å². The zero-order valence-corrected chi connectivity index (χ0v) is 18.0. The van der Waals surface area contributed by atoms with E-state index in [1.54, 1.807) is 23.1 Å². The van der Waals surface area contributed by atoms with Gasteiger partial charge in [0.2, 0.25) is 0 Å². The third kappa shape index (κ3) is 4.14. The maximum absolute atomic E-state index is 13.1. The first-order valence-corrected chi connectivity index (χ1v) is 9.89. The molecule has 0 atom stereocenters. The molecule has 0 saturated heterocycles. The molecule has 9 heteroatoms. The van der Waals surface area contributed by atoms with Gasteiger partial charge < -0.3 is 21.1 Å². The SMILES string of the molecule is Cc1nc(C2=C(N)CN(C(=O)c3ccc(Br)cc3OCCN)C2)nc(C)c1Cl. The van der Waals surface area contributed by atoms with Crippen molar-refractivity contribution in [2.45, 2.75) is 13.8 Å². The molecule has 28 heavy (non-hydrogen) atoms. The molecular weight excluding hydrogens is 446 g/mol. The van der Waals surface area contributed by atoms with E-state index in [4.69, 9.17) is 27.8 Å². The van der Waals surface area contributed by atoms with E-state index in [0.29, 0.717) is 65.5 Å². The smallest absolute Gasteiger partial charge is 0.258 e. The third-order valence-electron chi connectivity index (χ3n) is 4.39. The predicted octanol–water partition coefficient (Wildman–Crippen LogP) is 2.67. The van der Waals surface area contributed by atoms with Gasteiger partial charge >= 0.3 is 0 Å². The summed E-state index contributed by atoms with van der Waals surface area (Å²) in [5.41, 5.74) is 14.8. The van der Waals surface area contributed by atoms with Crippen LogP contribution in [0.5, 0.6) is 5.75 Å². The fraction of sp³-hybridized carbons (Fsp3) is 0.316. The van der Waals surface area contributed by atoms with Gasteiger partial charge in [-0.05, 0) is 32.0 Å². The van der Waals surface area contributed by atoms with Crippen molar-refractivity contribution in [3.8, 4) is 5.75 Å². The Hall–Kier alpha value is -2.16. The van der Waals surface area contributed by atoms with E-state index >= 15 is 0 Å². The van der Waals surface area contributed by atoms with E-state index in [9.17, 15) is 4.79 Å². The summed E-state index contributed by atoms with van der Waals surface area (Å²) >= 11 is 9.56. The molecule has 1 aromatic carbocycles. The highest BCUT2D eigenvalue weighted by Crippen LogP contribution is 2.29. The van der Waals surface area contributed by atoms with Crippen LogP contribution in [-0.4, -0.2) is 47.0 Å². The number of halogens is 2. The Labute approximate surface area is 176 Å². The highest BCUT2D eigenvalue weighted by atomic mass is 79.9. The van der Waals surface area contributed by atoms with E-state index in [-0.39, 0.29) is 5.91 Å². The number of nitrogens with zero attached hydrogens (tertiary/aromatic N) is 3. The lowest BCUT2D eigenvalue weighted by Gasteiger charge is -2.19. The van der Waals surface area contributed by atoms with Crippen molar-refractivity contribution in [3.05, 3.63) is 56.2 Å². The van der Waals surface area contributed by atoms with E-state index in [1.807, 2.05) is 13.8 Å².